The first-order valence-electron chi connectivity index (χ1n) is 4.65. The molecule has 2 N–H and O–H groups in total. The number of fused-ring (bicyclic) bond motifs is 1. The molecule has 0 aliphatic rings. The van der Waals surface area contributed by atoms with Crippen LogP contribution in [-0.2, 0) is 0 Å². The van der Waals surface area contributed by atoms with Gasteiger partial charge in [-0.1, -0.05) is 13.0 Å². The molecule has 0 aliphatic carbocycles. The summed E-state index contributed by atoms with van der Waals surface area (Å²) < 4.78 is 7.41. The zero-order chi connectivity index (χ0) is 9.97. The summed E-state index contributed by atoms with van der Waals surface area (Å²) in [7, 11) is 0. The fraction of sp³-hybridized carbons (Fsp3) is 0.300. The molecule has 4 heteroatoms. The summed E-state index contributed by atoms with van der Waals surface area (Å²) >= 11 is 0. The summed E-state index contributed by atoms with van der Waals surface area (Å²) in [6, 6.07) is 5.70. The second kappa shape index (κ2) is 3.67. The predicted molar refractivity (Wildman–Crippen MR) is 54.1 cm³/mol. The van der Waals surface area contributed by atoms with Crippen molar-refractivity contribution in [2.24, 2.45) is 5.73 Å². The summed E-state index contributed by atoms with van der Waals surface area (Å²) in [4.78, 5) is 4.15. The first kappa shape index (κ1) is 9.02. The average molecular weight is 191 g/mol. The maximum atomic E-state index is 5.71. The minimum atomic E-state index is -0.261. The number of ether oxygens (including phenoxy) is 1. The molecule has 74 valence electrons. The second-order valence-electron chi connectivity index (χ2n) is 3.08. The molecular weight excluding hydrogens is 178 g/mol. The number of rotatable bonds is 3. The Kier molecular flexibility index (Phi) is 2.37. The maximum Gasteiger partial charge on any atom is 0.201 e. The Morgan fingerprint density at radius 2 is 2.43 bits per heavy atom. The Morgan fingerprint density at radius 3 is 3.21 bits per heavy atom. The van der Waals surface area contributed by atoms with E-state index in [1.54, 1.807) is 6.20 Å². The van der Waals surface area contributed by atoms with Gasteiger partial charge >= 0.3 is 0 Å². The summed E-state index contributed by atoms with van der Waals surface area (Å²) in [5.41, 5.74) is 6.58. The summed E-state index contributed by atoms with van der Waals surface area (Å²) in [5, 5.41) is 0. The van der Waals surface area contributed by atoms with Crippen LogP contribution >= 0.6 is 0 Å². The number of imidazole rings is 1. The largest absolute Gasteiger partial charge is 0.460 e. The Bertz CT molecular complexity index is 424. The quantitative estimate of drug-likeness (QED) is 0.746. The number of hydrogen-bond donors (Lipinski definition) is 1. The molecule has 0 aromatic carbocycles. The number of hydrogen-bond acceptors (Lipinski definition) is 3. The standard InChI is InChI=1S/C10H13N3O/c1-2-8(11)14-10-5-3-4-9-12-6-7-13(9)10/h3-8H,2,11H2,1H3/t8-/m0/s1. The first-order chi connectivity index (χ1) is 6.81. The molecule has 1 atom stereocenters. The van der Waals surface area contributed by atoms with E-state index in [1.165, 1.54) is 0 Å². The van der Waals surface area contributed by atoms with Gasteiger partial charge in [0, 0.05) is 12.4 Å². The van der Waals surface area contributed by atoms with Gasteiger partial charge in [-0.05, 0) is 18.6 Å². The van der Waals surface area contributed by atoms with Crippen molar-refractivity contribution in [1.82, 2.24) is 9.38 Å². The molecule has 0 radical (unpaired) electrons. The van der Waals surface area contributed by atoms with Crippen molar-refractivity contribution in [2.45, 2.75) is 19.6 Å². The molecule has 2 rings (SSSR count). The topological polar surface area (TPSA) is 52.5 Å². The fourth-order valence-corrected chi connectivity index (χ4v) is 1.26. The summed E-state index contributed by atoms with van der Waals surface area (Å²) in [6.07, 6.45) is 4.11. The van der Waals surface area contributed by atoms with Gasteiger partial charge in [-0.2, -0.15) is 0 Å². The van der Waals surface area contributed by atoms with Crippen LogP contribution in [0.1, 0.15) is 13.3 Å². The van der Waals surface area contributed by atoms with Crippen LogP contribution in [-0.4, -0.2) is 15.6 Å². The third-order valence-electron chi connectivity index (χ3n) is 2.07. The van der Waals surface area contributed by atoms with Crippen molar-refractivity contribution in [3.8, 4) is 5.88 Å². The van der Waals surface area contributed by atoms with E-state index in [9.17, 15) is 0 Å². The van der Waals surface area contributed by atoms with Crippen molar-refractivity contribution in [2.75, 3.05) is 0 Å². The van der Waals surface area contributed by atoms with Gasteiger partial charge in [0.15, 0.2) is 0 Å². The number of nitrogens with two attached hydrogens (primary N) is 1. The summed E-state index contributed by atoms with van der Waals surface area (Å²) in [6.45, 7) is 1.98. The zero-order valence-electron chi connectivity index (χ0n) is 8.05. The lowest BCUT2D eigenvalue weighted by Crippen LogP contribution is -2.26. The highest BCUT2D eigenvalue weighted by molar-refractivity contribution is 5.41. The third kappa shape index (κ3) is 1.56. The van der Waals surface area contributed by atoms with Crippen LogP contribution < -0.4 is 10.5 Å². The smallest absolute Gasteiger partial charge is 0.201 e. The van der Waals surface area contributed by atoms with Gasteiger partial charge < -0.3 is 4.74 Å². The van der Waals surface area contributed by atoms with Gasteiger partial charge in [0.1, 0.15) is 11.9 Å². The van der Waals surface area contributed by atoms with Gasteiger partial charge in [0.2, 0.25) is 5.88 Å². The molecule has 0 amide bonds. The lowest BCUT2D eigenvalue weighted by Gasteiger charge is -2.13. The van der Waals surface area contributed by atoms with Gasteiger partial charge in [0.05, 0.1) is 0 Å². The van der Waals surface area contributed by atoms with Crippen LogP contribution in [0.3, 0.4) is 0 Å². The molecule has 0 bridgehead atoms. The Labute approximate surface area is 82.3 Å². The third-order valence-corrected chi connectivity index (χ3v) is 2.07. The Balaban J connectivity index is 2.36. The fourth-order valence-electron chi connectivity index (χ4n) is 1.26. The minimum absolute atomic E-state index is 0.261. The molecule has 4 nitrogen and oxygen atoms in total. The van der Waals surface area contributed by atoms with Crippen molar-refractivity contribution in [3.05, 3.63) is 30.6 Å². The van der Waals surface area contributed by atoms with E-state index >= 15 is 0 Å². The van der Waals surface area contributed by atoms with Gasteiger partial charge in [0.25, 0.3) is 0 Å². The van der Waals surface area contributed by atoms with Crippen LogP contribution in [0.4, 0.5) is 0 Å². The minimum Gasteiger partial charge on any atom is -0.460 e. The average Bonchev–Trinajstić information content (AvgIpc) is 2.66. The van der Waals surface area contributed by atoms with Crippen LogP contribution in [0, 0.1) is 0 Å². The van der Waals surface area contributed by atoms with Gasteiger partial charge in [-0.3, -0.25) is 10.1 Å². The van der Waals surface area contributed by atoms with E-state index < -0.39 is 0 Å². The highest BCUT2D eigenvalue weighted by atomic mass is 16.5. The van der Waals surface area contributed by atoms with Gasteiger partial charge in [-0.15, -0.1) is 0 Å². The molecule has 2 heterocycles. The van der Waals surface area contributed by atoms with E-state index in [0.29, 0.717) is 0 Å². The molecule has 0 saturated heterocycles. The second-order valence-corrected chi connectivity index (χ2v) is 3.08. The highest BCUT2D eigenvalue weighted by Gasteiger charge is 2.04. The predicted octanol–water partition coefficient (Wildman–Crippen LogP) is 1.41. The van der Waals surface area contributed by atoms with Crippen molar-refractivity contribution < 1.29 is 4.74 Å². The van der Waals surface area contributed by atoms with Crippen LogP contribution in [0.25, 0.3) is 5.65 Å². The van der Waals surface area contributed by atoms with E-state index in [1.807, 2.05) is 35.7 Å². The number of pyridine rings is 1. The molecular formula is C10H13N3O. The lowest BCUT2D eigenvalue weighted by atomic mass is 10.4. The zero-order valence-corrected chi connectivity index (χ0v) is 8.05. The van der Waals surface area contributed by atoms with E-state index in [2.05, 4.69) is 4.98 Å². The highest BCUT2D eigenvalue weighted by Crippen LogP contribution is 2.14. The Morgan fingerprint density at radius 1 is 1.57 bits per heavy atom. The lowest BCUT2D eigenvalue weighted by molar-refractivity contribution is 0.194. The Hall–Kier alpha value is -1.55. The summed E-state index contributed by atoms with van der Waals surface area (Å²) in [5.74, 6) is 0.731. The van der Waals surface area contributed by atoms with Crippen molar-refractivity contribution in [3.63, 3.8) is 0 Å². The molecule has 0 fully saturated rings. The van der Waals surface area contributed by atoms with Crippen LogP contribution in [0.2, 0.25) is 0 Å². The molecule has 2 aromatic rings. The molecule has 0 saturated carbocycles. The number of nitrogens with zero attached hydrogens (tertiary/aromatic N) is 2. The first-order valence-corrected chi connectivity index (χ1v) is 4.65. The van der Waals surface area contributed by atoms with E-state index in [0.717, 1.165) is 17.9 Å². The van der Waals surface area contributed by atoms with Crippen LogP contribution in [0.15, 0.2) is 30.6 Å². The molecule has 0 aliphatic heterocycles. The number of aromatic nitrogens is 2. The monoisotopic (exact) mass is 191 g/mol. The SMILES string of the molecule is CC[C@@H](N)Oc1cccc2nccn12. The normalized spacial score (nSPS) is 13.0. The molecule has 0 unspecified atom stereocenters. The molecule has 2 aromatic heterocycles. The molecule has 0 spiro atoms. The van der Waals surface area contributed by atoms with Crippen molar-refractivity contribution in [1.29, 1.82) is 0 Å². The van der Waals surface area contributed by atoms with E-state index in [4.69, 9.17) is 10.5 Å². The van der Waals surface area contributed by atoms with Gasteiger partial charge in [-0.25, -0.2) is 4.98 Å². The van der Waals surface area contributed by atoms with Crippen LogP contribution in [0.5, 0.6) is 5.88 Å². The molecule has 14 heavy (non-hydrogen) atoms. The maximum absolute atomic E-state index is 5.71. The van der Waals surface area contributed by atoms with E-state index in [-0.39, 0.29) is 6.23 Å². The van der Waals surface area contributed by atoms with Crippen molar-refractivity contribution >= 4 is 5.65 Å².